The van der Waals surface area contributed by atoms with Gasteiger partial charge in [-0.15, -0.1) is 0 Å². The highest BCUT2D eigenvalue weighted by Crippen LogP contribution is 2.22. The molecule has 0 bridgehead atoms. The number of amides is 1. The third kappa shape index (κ3) is 3.66. The van der Waals surface area contributed by atoms with Crippen LogP contribution in [0, 0.1) is 11.3 Å². The first-order chi connectivity index (χ1) is 13.2. The van der Waals surface area contributed by atoms with Crippen LogP contribution in [0.1, 0.15) is 36.2 Å². The first-order valence-corrected chi connectivity index (χ1v) is 8.87. The van der Waals surface area contributed by atoms with Gasteiger partial charge in [0.25, 0.3) is 5.91 Å². The minimum Gasteiger partial charge on any atom is -0.363 e. The van der Waals surface area contributed by atoms with E-state index < -0.39 is 0 Å². The van der Waals surface area contributed by atoms with Crippen LogP contribution >= 0.6 is 0 Å². The molecule has 9 heteroatoms. The Hall–Kier alpha value is -3.25. The molecule has 4 rings (SSSR count). The Morgan fingerprint density at radius 1 is 1.37 bits per heavy atom. The number of imidazole rings is 1. The second-order valence-electron chi connectivity index (χ2n) is 6.50. The van der Waals surface area contributed by atoms with E-state index in [1.807, 2.05) is 12.1 Å². The molecule has 0 aliphatic heterocycles. The van der Waals surface area contributed by atoms with Crippen LogP contribution in [0.4, 0.5) is 0 Å². The fourth-order valence-corrected chi connectivity index (χ4v) is 3.37. The van der Waals surface area contributed by atoms with E-state index in [0.29, 0.717) is 22.7 Å². The monoisotopic (exact) mass is 365 g/mol. The molecular formula is C18H19N7O2. The summed E-state index contributed by atoms with van der Waals surface area (Å²) >= 11 is 0. The lowest BCUT2D eigenvalue weighted by Gasteiger charge is -2.28. The molecular weight excluding hydrogens is 346 g/mol. The lowest BCUT2D eigenvalue weighted by molar-refractivity contribution is 0.0411. The van der Waals surface area contributed by atoms with E-state index in [9.17, 15) is 4.79 Å². The Morgan fingerprint density at radius 3 is 2.96 bits per heavy atom. The maximum atomic E-state index is 12.9. The van der Waals surface area contributed by atoms with Crippen LogP contribution in [0.25, 0.3) is 17.0 Å². The van der Waals surface area contributed by atoms with E-state index in [1.165, 1.54) is 0 Å². The van der Waals surface area contributed by atoms with Crippen LogP contribution in [0.2, 0.25) is 0 Å². The van der Waals surface area contributed by atoms with Crippen molar-refractivity contribution in [1.29, 1.82) is 5.26 Å². The molecule has 138 valence electrons. The third-order valence-corrected chi connectivity index (χ3v) is 4.74. The molecule has 9 nitrogen and oxygen atoms in total. The molecule has 1 aliphatic carbocycles. The van der Waals surface area contributed by atoms with Gasteiger partial charge in [-0.1, -0.05) is 0 Å². The van der Waals surface area contributed by atoms with Crippen LogP contribution in [-0.4, -0.2) is 49.2 Å². The molecule has 0 aromatic carbocycles. The minimum atomic E-state index is -0.229. The molecule has 0 radical (unpaired) electrons. The van der Waals surface area contributed by atoms with Crippen LogP contribution < -0.4 is 5.32 Å². The number of hydrogen-bond donors (Lipinski definition) is 2. The molecule has 1 amide bonds. The van der Waals surface area contributed by atoms with Crippen LogP contribution in [0.3, 0.4) is 0 Å². The molecule has 1 fully saturated rings. The van der Waals surface area contributed by atoms with Gasteiger partial charge in [-0.25, -0.2) is 15.0 Å². The Balaban J connectivity index is 1.50. The smallest absolute Gasteiger partial charge is 0.272 e. The average molecular weight is 365 g/mol. The second kappa shape index (κ2) is 7.55. The van der Waals surface area contributed by atoms with Gasteiger partial charge in [-0.2, -0.15) is 5.26 Å². The van der Waals surface area contributed by atoms with Crippen molar-refractivity contribution in [3.8, 4) is 12.0 Å². The van der Waals surface area contributed by atoms with Crippen molar-refractivity contribution in [1.82, 2.24) is 29.8 Å². The molecule has 27 heavy (non-hydrogen) atoms. The normalized spacial score (nSPS) is 19.7. The summed E-state index contributed by atoms with van der Waals surface area (Å²) in [5.41, 5.74) is 1.60. The highest BCUT2D eigenvalue weighted by atomic mass is 16.5. The van der Waals surface area contributed by atoms with E-state index in [0.717, 1.165) is 25.7 Å². The number of carbonyl (C=O) groups excluding carboxylic acids is 1. The zero-order valence-electron chi connectivity index (χ0n) is 14.6. The van der Waals surface area contributed by atoms with E-state index in [2.05, 4.69) is 25.3 Å². The number of nitrogens with zero attached hydrogens (tertiary/aromatic N) is 5. The first kappa shape index (κ1) is 17.2. The lowest BCUT2D eigenvalue weighted by atomic mass is 9.93. The van der Waals surface area contributed by atoms with E-state index in [4.69, 9.17) is 10.00 Å². The van der Waals surface area contributed by atoms with Crippen molar-refractivity contribution in [2.45, 2.75) is 37.8 Å². The van der Waals surface area contributed by atoms with Crippen molar-refractivity contribution in [3.05, 3.63) is 36.7 Å². The van der Waals surface area contributed by atoms with Crippen molar-refractivity contribution >= 4 is 16.9 Å². The number of nitrogens with one attached hydrogen (secondary N) is 2. The van der Waals surface area contributed by atoms with Crippen LogP contribution in [0.15, 0.2) is 31.0 Å². The fraction of sp³-hybridized carbons (Fsp3) is 0.389. The van der Waals surface area contributed by atoms with Gasteiger partial charge in [0.05, 0.1) is 23.2 Å². The Morgan fingerprint density at radius 2 is 2.22 bits per heavy atom. The van der Waals surface area contributed by atoms with Crippen molar-refractivity contribution in [2.75, 3.05) is 6.61 Å². The van der Waals surface area contributed by atoms with E-state index in [1.54, 1.807) is 29.5 Å². The van der Waals surface area contributed by atoms with Gasteiger partial charge in [0.2, 0.25) is 5.95 Å². The average Bonchev–Trinajstić information content (AvgIpc) is 3.38. The number of aromatic nitrogens is 5. The maximum Gasteiger partial charge on any atom is 0.272 e. The second-order valence-corrected chi connectivity index (χ2v) is 6.50. The topological polar surface area (TPSA) is 122 Å². The van der Waals surface area contributed by atoms with Gasteiger partial charge in [-0.05, 0) is 31.7 Å². The molecule has 0 atom stereocenters. The van der Waals surface area contributed by atoms with Crippen molar-refractivity contribution < 1.29 is 9.53 Å². The van der Waals surface area contributed by atoms with Gasteiger partial charge in [0.15, 0.2) is 5.69 Å². The third-order valence-electron chi connectivity index (χ3n) is 4.74. The summed E-state index contributed by atoms with van der Waals surface area (Å²) < 4.78 is 7.13. The number of ether oxygens (including phenoxy) is 1. The molecule has 1 saturated carbocycles. The first-order valence-electron chi connectivity index (χ1n) is 8.87. The maximum absolute atomic E-state index is 12.9. The molecule has 0 saturated heterocycles. The predicted molar refractivity (Wildman–Crippen MR) is 96.1 cm³/mol. The number of carbonyl (C=O) groups is 1. The fourth-order valence-electron chi connectivity index (χ4n) is 3.37. The zero-order valence-corrected chi connectivity index (χ0v) is 14.6. The Kier molecular flexibility index (Phi) is 4.80. The molecule has 3 aromatic heterocycles. The largest absolute Gasteiger partial charge is 0.363 e. The van der Waals surface area contributed by atoms with Gasteiger partial charge >= 0.3 is 0 Å². The molecule has 0 spiro atoms. The minimum absolute atomic E-state index is 0.0658. The number of nitriles is 1. The molecule has 0 unspecified atom stereocenters. The lowest BCUT2D eigenvalue weighted by Crippen LogP contribution is -2.39. The Labute approximate surface area is 155 Å². The molecule has 3 heterocycles. The molecule has 1 aliphatic rings. The Bertz CT molecular complexity index is 965. The number of aromatic amines is 1. The van der Waals surface area contributed by atoms with E-state index >= 15 is 0 Å². The number of H-pyrrole nitrogens is 1. The molecule has 2 N–H and O–H groups in total. The van der Waals surface area contributed by atoms with Gasteiger partial charge in [0.1, 0.15) is 12.9 Å². The highest BCUT2D eigenvalue weighted by molar-refractivity contribution is 6.03. The zero-order chi connectivity index (χ0) is 18.6. The number of hydrogen-bond acceptors (Lipinski definition) is 6. The van der Waals surface area contributed by atoms with E-state index in [-0.39, 0.29) is 24.7 Å². The summed E-state index contributed by atoms with van der Waals surface area (Å²) in [6, 6.07) is 3.87. The summed E-state index contributed by atoms with van der Waals surface area (Å²) in [7, 11) is 0. The van der Waals surface area contributed by atoms with Gasteiger partial charge in [0, 0.05) is 24.6 Å². The summed E-state index contributed by atoms with van der Waals surface area (Å²) in [6.45, 7) is 0.116. The molecule has 3 aromatic rings. The summed E-state index contributed by atoms with van der Waals surface area (Å²) in [5, 5.41) is 11.7. The van der Waals surface area contributed by atoms with Crippen molar-refractivity contribution in [3.63, 3.8) is 0 Å². The predicted octanol–water partition coefficient (Wildman–Crippen LogP) is 1.72. The SMILES string of the molecule is N#CCOC1CCC(NC(=O)c2nc(-n3ccnc3)nc3cc[nH]c23)CC1. The van der Waals surface area contributed by atoms with Gasteiger partial charge < -0.3 is 15.0 Å². The summed E-state index contributed by atoms with van der Waals surface area (Å²) in [6.07, 6.45) is 10.1. The van der Waals surface area contributed by atoms with Crippen molar-refractivity contribution in [2.24, 2.45) is 0 Å². The van der Waals surface area contributed by atoms with Gasteiger partial charge in [-0.3, -0.25) is 9.36 Å². The summed E-state index contributed by atoms with van der Waals surface area (Å²) in [4.78, 5) is 28.8. The highest BCUT2D eigenvalue weighted by Gasteiger charge is 2.25. The number of fused-ring (bicyclic) bond motifs is 1. The summed E-state index contributed by atoms with van der Waals surface area (Å²) in [5.74, 6) is 0.172. The quantitative estimate of drug-likeness (QED) is 0.710. The number of rotatable bonds is 5. The van der Waals surface area contributed by atoms with Crippen LogP contribution in [0.5, 0.6) is 0 Å². The van der Waals surface area contributed by atoms with Crippen LogP contribution in [-0.2, 0) is 4.74 Å². The standard InChI is InChI=1S/C18H19N7O2/c19-6-10-27-13-3-1-12(2-4-13)22-17(26)16-15-14(5-7-21-15)23-18(24-16)25-9-8-20-11-25/h5,7-9,11-13,21H,1-4,10H2,(H,22,26).